The van der Waals surface area contributed by atoms with E-state index in [0.717, 1.165) is 5.56 Å². The Labute approximate surface area is 158 Å². The second-order valence-electron chi connectivity index (χ2n) is 7.16. The third-order valence-electron chi connectivity index (χ3n) is 5.56. The van der Waals surface area contributed by atoms with E-state index in [0.29, 0.717) is 17.9 Å². The second-order valence-corrected chi connectivity index (χ2v) is 9.72. The molecule has 5 heterocycles. The van der Waals surface area contributed by atoms with E-state index in [1.807, 2.05) is 19.1 Å². The van der Waals surface area contributed by atoms with Crippen LogP contribution in [0.5, 0.6) is 11.5 Å². The molecule has 1 aromatic carbocycles. The maximum Gasteiger partial charge on any atom is 0.261 e. The van der Waals surface area contributed by atoms with Gasteiger partial charge in [0.1, 0.15) is 0 Å². The summed E-state index contributed by atoms with van der Waals surface area (Å²) >= 11 is 0. The highest BCUT2D eigenvalue weighted by Gasteiger charge is 2.71. The highest BCUT2D eigenvalue weighted by molar-refractivity contribution is 8.78. The molecule has 6 rings (SSSR count). The largest absolute Gasteiger partial charge is 0.454 e. The fraction of sp³-hybridized carbons (Fsp3) is 0.471. The van der Waals surface area contributed by atoms with Gasteiger partial charge < -0.3 is 19.3 Å². The summed E-state index contributed by atoms with van der Waals surface area (Å²) in [5, 5.41) is 9.43. The van der Waals surface area contributed by atoms with Gasteiger partial charge in [-0.25, -0.2) is 0 Å². The van der Waals surface area contributed by atoms with Gasteiger partial charge in [-0.05, 0) is 24.6 Å². The topological polar surface area (TPSA) is 82.9 Å². The van der Waals surface area contributed by atoms with Crippen LogP contribution < -0.4 is 9.47 Å². The molecule has 1 spiro atoms. The Hall–Kier alpha value is -2.05. The molecular weight excluding hydrogens is 374 g/mol. The first kappa shape index (κ1) is 16.1. The molecule has 2 amide bonds. The molecule has 3 unspecified atom stereocenters. The molecule has 1 aromatic rings. The maximum absolute atomic E-state index is 13.2. The van der Waals surface area contributed by atoms with Crippen molar-refractivity contribution in [2.45, 2.75) is 29.6 Å². The zero-order chi connectivity index (χ0) is 18.3. The Kier molecular flexibility index (Phi) is 3.12. The third kappa shape index (κ3) is 1.76. The summed E-state index contributed by atoms with van der Waals surface area (Å²) < 4.78 is 10.8. The molecule has 26 heavy (non-hydrogen) atoms. The molecule has 0 aliphatic carbocycles. The standard InChI is InChI=1S/C17H15N3O4S2/c1-16(7-18)6-17-15(22)19(2)14(25-26-17)13(21)20(17)12(16)9-3-4-10-11(5-9)24-8-23-10/h3-5,12,14H,6,8H2,1-2H3/t12?,14?,16-,17?/m1/s1. The number of hydrogen-bond donors (Lipinski definition) is 0. The molecule has 0 saturated carbocycles. The van der Waals surface area contributed by atoms with Crippen LogP contribution in [0.2, 0.25) is 0 Å². The van der Waals surface area contributed by atoms with Gasteiger partial charge in [0.2, 0.25) is 6.79 Å². The van der Waals surface area contributed by atoms with Crippen LogP contribution in [-0.2, 0) is 9.59 Å². The van der Waals surface area contributed by atoms with Crippen LogP contribution in [0, 0.1) is 16.7 Å². The van der Waals surface area contributed by atoms with E-state index in [2.05, 4.69) is 6.07 Å². The molecule has 0 N–H and O–H groups in total. The summed E-state index contributed by atoms with van der Waals surface area (Å²) in [7, 11) is 4.48. The number of carbonyl (C=O) groups excluding carboxylic acids is 2. The fourth-order valence-corrected chi connectivity index (χ4v) is 7.90. The van der Waals surface area contributed by atoms with Crippen LogP contribution in [0.1, 0.15) is 24.9 Å². The van der Waals surface area contributed by atoms with E-state index < -0.39 is 21.7 Å². The third-order valence-corrected chi connectivity index (χ3v) is 8.81. The van der Waals surface area contributed by atoms with Crippen molar-refractivity contribution in [2.75, 3.05) is 13.8 Å². The van der Waals surface area contributed by atoms with E-state index in [4.69, 9.17) is 9.47 Å². The number of piperazine rings is 1. The van der Waals surface area contributed by atoms with Gasteiger partial charge in [-0.1, -0.05) is 27.7 Å². The molecule has 4 atom stereocenters. The van der Waals surface area contributed by atoms with Gasteiger partial charge in [0.15, 0.2) is 21.7 Å². The van der Waals surface area contributed by atoms with Gasteiger partial charge in [0.05, 0.1) is 17.5 Å². The summed E-state index contributed by atoms with van der Waals surface area (Å²) in [5.41, 5.74) is -0.0933. The summed E-state index contributed by atoms with van der Waals surface area (Å²) in [6.45, 7) is 1.98. The Morgan fingerprint density at radius 3 is 2.85 bits per heavy atom. The summed E-state index contributed by atoms with van der Waals surface area (Å²) in [6.07, 6.45) is 0.301. The van der Waals surface area contributed by atoms with Gasteiger partial charge in [0.25, 0.3) is 11.8 Å². The van der Waals surface area contributed by atoms with Crippen molar-refractivity contribution in [1.29, 1.82) is 5.26 Å². The normalized spacial score (nSPS) is 37.1. The predicted octanol–water partition coefficient (Wildman–Crippen LogP) is 2.11. The first-order chi connectivity index (χ1) is 12.4. The number of carbonyl (C=O) groups is 2. The molecule has 5 aliphatic rings. The maximum atomic E-state index is 13.2. The minimum absolute atomic E-state index is 0.101. The van der Waals surface area contributed by atoms with E-state index in [-0.39, 0.29) is 18.6 Å². The van der Waals surface area contributed by atoms with Gasteiger partial charge in [-0.3, -0.25) is 9.59 Å². The number of nitriles is 1. The predicted molar refractivity (Wildman–Crippen MR) is 95.0 cm³/mol. The Bertz CT molecular complexity index is 902. The summed E-state index contributed by atoms with van der Waals surface area (Å²) in [4.78, 5) is 28.4. The first-order valence-electron chi connectivity index (χ1n) is 8.17. The lowest BCUT2D eigenvalue weighted by atomic mass is 9.79. The van der Waals surface area contributed by atoms with Crippen LogP contribution in [0.25, 0.3) is 0 Å². The lowest BCUT2D eigenvalue weighted by Crippen LogP contribution is -2.69. The minimum Gasteiger partial charge on any atom is -0.454 e. The average molecular weight is 389 g/mol. The lowest BCUT2D eigenvalue weighted by molar-refractivity contribution is -0.158. The van der Waals surface area contributed by atoms with Crippen molar-refractivity contribution >= 4 is 33.4 Å². The fourth-order valence-electron chi connectivity index (χ4n) is 4.36. The molecule has 2 bridgehead atoms. The van der Waals surface area contributed by atoms with Gasteiger partial charge in [-0.15, -0.1) is 0 Å². The van der Waals surface area contributed by atoms with E-state index in [9.17, 15) is 14.9 Å². The van der Waals surface area contributed by atoms with E-state index >= 15 is 0 Å². The Morgan fingerprint density at radius 1 is 1.31 bits per heavy atom. The molecule has 0 aromatic heterocycles. The zero-order valence-corrected chi connectivity index (χ0v) is 15.7. The highest BCUT2D eigenvalue weighted by Crippen LogP contribution is 2.66. The quantitative estimate of drug-likeness (QED) is 0.680. The number of ether oxygens (including phenoxy) is 2. The summed E-state index contributed by atoms with van der Waals surface area (Å²) in [6, 6.07) is 7.35. The molecular formula is C17H15N3O4S2. The molecule has 9 heteroatoms. The van der Waals surface area contributed by atoms with Crippen LogP contribution in [0.15, 0.2) is 18.2 Å². The van der Waals surface area contributed by atoms with Crippen LogP contribution in [0.3, 0.4) is 0 Å². The number of rotatable bonds is 1. The SMILES string of the molecule is CN1C(=O)C23C[C@](C)(C#N)C(c4ccc5c(c4)OCO5)N2C(=O)C1SS3. The molecule has 5 aliphatic heterocycles. The molecule has 7 nitrogen and oxygen atoms in total. The average Bonchev–Trinajstić information content (AvgIpc) is 3.20. The zero-order valence-electron chi connectivity index (χ0n) is 14.1. The number of fused-ring (bicyclic) bond motifs is 3. The second kappa shape index (κ2) is 5.02. The Balaban J connectivity index is 1.69. The van der Waals surface area contributed by atoms with E-state index in [1.54, 1.807) is 18.0 Å². The van der Waals surface area contributed by atoms with Crippen LogP contribution in [0.4, 0.5) is 0 Å². The molecule has 4 fully saturated rings. The van der Waals surface area contributed by atoms with E-state index in [1.165, 1.54) is 26.5 Å². The van der Waals surface area contributed by atoms with Gasteiger partial charge in [0, 0.05) is 13.5 Å². The van der Waals surface area contributed by atoms with Crippen LogP contribution >= 0.6 is 21.6 Å². The molecule has 4 saturated heterocycles. The van der Waals surface area contributed by atoms with Crippen molar-refractivity contribution < 1.29 is 19.1 Å². The van der Waals surface area contributed by atoms with Crippen molar-refractivity contribution in [2.24, 2.45) is 5.41 Å². The highest BCUT2D eigenvalue weighted by atomic mass is 33.1. The number of nitrogens with zero attached hydrogens (tertiary/aromatic N) is 3. The van der Waals surface area contributed by atoms with Crippen molar-refractivity contribution in [3.05, 3.63) is 23.8 Å². The van der Waals surface area contributed by atoms with Gasteiger partial charge >= 0.3 is 0 Å². The Morgan fingerprint density at radius 2 is 2.08 bits per heavy atom. The number of likely N-dealkylation sites (N-methyl/N-ethyl adjacent to an activating group) is 1. The number of hydrogen-bond acceptors (Lipinski definition) is 7. The number of benzene rings is 1. The lowest BCUT2D eigenvalue weighted by Gasteiger charge is -2.52. The molecule has 0 radical (unpaired) electrons. The minimum atomic E-state index is -1.03. The molecule has 134 valence electrons. The van der Waals surface area contributed by atoms with Crippen molar-refractivity contribution in [3.63, 3.8) is 0 Å². The monoisotopic (exact) mass is 389 g/mol. The number of amides is 2. The van der Waals surface area contributed by atoms with Crippen molar-refractivity contribution in [3.8, 4) is 17.6 Å². The van der Waals surface area contributed by atoms with Gasteiger partial charge in [-0.2, -0.15) is 5.26 Å². The van der Waals surface area contributed by atoms with Crippen molar-refractivity contribution in [1.82, 2.24) is 9.80 Å². The van der Waals surface area contributed by atoms with Crippen LogP contribution in [-0.4, -0.2) is 45.7 Å². The smallest absolute Gasteiger partial charge is 0.261 e. The summed E-state index contributed by atoms with van der Waals surface area (Å²) in [5.74, 6) is 1.03. The first-order valence-corrected chi connectivity index (χ1v) is 10.4.